The van der Waals surface area contributed by atoms with E-state index in [9.17, 15) is 9.59 Å². The summed E-state index contributed by atoms with van der Waals surface area (Å²) in [6, 6.07) is 17.1. The first-order valence-corrected chi connectivity index (χ1v) is 11.8. The number of carbonyl (C=O) groups excluding carboxylic acids is 2. The van der Waals surface area contributed by atoms with Gasteiger partial charge in [0.15, 0.2) is 23.1 Å². The number of alkyl halides is 1. The monoisotopic (exact) mass is 526 g/mol. The summed E-state index contributed by atoms with van der Waals surface area (Å²) >= 11 is 13.2. The Kier molecular flexibility index (Phi) is 6.61. The quantitative estimate of drug-likeness (QED) is 0.206. The molecule has 4 atom stereocenters. The van der Waals surface area contributed by atoms with Gasteiger partial charge in [0.1, 0.15) is 29.4 Å². The number of esters is 2. The summed E-state index contributed by atoms with van der Waals surface area (Å²) in [4.78, 5) is 36.7. The summed E-state index contributed by atoms with van der Waals surface area (Å²) in [6.45, 7) is 1.47. The fourth-order valence-electron chi connectivity index (χ4n) is 4.10. The van der Waals surface area contributed by atoms with Crippen LogP contribution in [-0.2, 0) is 14.2 Å². The topological polar surface area (TPSA) is 105 Å². The second kappa shape index (κ2) is 9.85. The van der Waals surface area contributed by atoms with Gasteiger partial charge in [-0.15, -0.1) is 11.6 Å². The van der Waals surface area contributed by atoms with Gasteiger partial charge >= 0.3 is 11.9 Å². The molecule has 0 saturated carbocycles. The lowest BCUT2D eigenvalue weighted by Gasteiger charge is -2.29. The van der Waals surface area contributed by atoms with Crippen molar-refractivity contribution in [2.45, 2.75) is 30.2 Å². The number of benzene rings is 2. The van der Waals surface area contributed by atoms with Crippen LogP contribution in [0.4, 0.5) is 0 Å². The van der Waals surface area contributed by atoms with Crippen molar-refractivity contribution < 1.29 is 23.8 Å². The first-order chi connectivity index (χ1) is 17.4. The number of ether oxygens (including phenoxy) is 3. The first kappa shape index (κ1) is 24.2. The van der Waals surface area contributed by atoms with E-state index >= 15 is 0 Å². The van der Waals surface area contributed by atoms with E-state index < -0.39 is 35.2 Å². The Labute approximate surface area is 215 Å². The number of nitrogens with zero attached hydrogens (tertiary/aromatic N) is 4. The Hall–Kier alpha value is -3.53. The molecule has 1 aliphatic rings. The van der Waals surface area contributed by atoms with E-state index in [1.807, 2.05) is 0 Å². The molecule has 184 valence electrons. The number of carbonyl (C=O) groups is 2. The summed E-state index contributed by atoms with van der Waals surface area (Å²) in [5.41, 5.74) is 1.49. The molecule has 0 amide bonds. The minimum atomic E-state index is -1.29. The minimum Gasteiger partial charge on any atom is -0.459 e. The molecule has 1 saturated heterocycles. The molecule has 9 nitrogen and oxygen atoms in total. The molecule has 0 aliphatic carbocycles. The highest BCUT2D eigenvalue weighted by Gasteiger charge is 2.57. The van der Waals surface area contributed by atoms with Crippen LogP contribution in [0.15, 0.2) is 73.3 Å². The lowest BCUT2D eigenvalue weighted by molar-refractivity contribution is -0.0565. The van der Waals surface area contributed by atoms with Crippen LogP contribution >= 0.6 is 23.2 Å². The van der Waals surface area contributed by atoms with Crippen molar-refractivity contribution in [1.29, 1.82) is 0 Å². The summed E-state index contributed by atoms with van der Waals surface area (Å²) < 4.78 is 19.2. The molecule has 5 rings (SSSR count). The predicted molar refractivity (Wildman–Crippen MR) is 131 cm³/mol. The highest BCUT2D eigenvalue weighted by atomic mass is 35.5. The van der Waals surface area contributed by atoms with Crippen LogP contribution in [0, 0.1) is 0 Å². The Morgan fingerprint density at radius 1 is 1.00 bits per heavy atom. The van der Waals surface area contributed by atoms with E-state index in [0.29, 0.717) is 22.3 Å². The summed E-state index contributed by atoms with van der Waals surface area (Å²) in [5, 5.41) is 0.174. The fraction of sp³-hybridized carbons (Fsp3) is 0.240. The molecule has 1 fully saturated rings. The number of aromatic nitrogens is 4. The zero-order valence-corrected chi connectivity index (χ0v) is 20.5. The normalized spacial score (nSPS) is 23.5. The average Bonchev–Trinajstić information content (AvgIpc) is 3.42. The minimum absolute atomic E-state index is 0.174. The highest BCUT2D eigenvalue weighted by Crippen LogP contribution is 2.46. The lowest BCUT2D eigenvalue weighted by atomic mass is 10.0. The van der Waals surface area contributed by atoms with Gasteiger partial charge < -0.3 is 14.2 Å². The third-order valence-electron chi connectivity index (χ3n) is 5.88. The van der Waals surface area contributed by atoms with Crippen molar-refractivity contribution in [3.8, 4) is 0 Å². The smallest absolute Gasteiger partial charge is 0.338 e. The summed E-state index contributed by atoms with van der Waals surface area (Å²) in [7, 11) is 0. The first-order valence-electron chi connectivity index (χ1n) is 11.0. The van der Waals surface area contributed by atoms with Crippen LogP contribution in [-0.4, -0.2) is 55.1 Å². The zero-order chi connectivity index (χ0) is 25.3. The molecule has 0 N–H and O–H groups in total. The van der Waals surface area contributed by atoms with E-state index in [4.69, 9.17) is 37.4 Å². The van der Waals surface area contributed by atoms with Crippen LogP contribution in [0.1, 0.15) is 33.9 Å². The standard InChI is InChI=1S/C25H20Cl2N4O5/c1-25(27)19(36-23(33)16-10-6-3-7-11-16)17(12-34-22(32)15-8-4-2-5-9-15)35-24(25)31-14-30-18-20(26)28-13-29-21(18)31/h2-11,13-14,17,19,24H,12H2,1H3/t17-,19-,24-,25-/m1/s1. The molecule has 11 heteroatoms. The van der Waals surface area contributed by atoms with Crippen LogP contribution in [0.25, 0.3) is 11.2 Å². The predicted octanol–water partition coefficient (Wildman–Crippen LogP) is 4.46. The molecule has 0 bridgehead atoms. The van der Waals surface area contributed by atoms with Crippen LogP contribution < -0.4 is 0 Å². The molecule has 1 aliphatic heterocycles. The van der Waals surface area contributed by atoms with E-state index in [1.54, 1.807) is 72.2 Å². The van der Waals surface area contributed by atoms with Gasteiger partial charge in [0.05, 0.1) is 17.5 Å². The highest BCUT2D eigenvalue weighted by molar-refractivity contribution is 6.33. The number of hydrogen-bond acceptors (Lipinski definition) is 8. The van der Waals surface area contributed by atoms with E-state index in [-0.39, 0.29) is 11.8 Å². The average molecular weight is 527 g/mol. The zero-order valence-electron chi connectivity index (χ0n) is 19.0. The second-order valence-electron chi connectivity index (χ2n) is 8.32. The second-order valence-corrected chi connectivity index (χ2v) is 9.50. The lowest BCUT2D eigenvalue weighted by Crippen LogP contribution is -2.43. The van der Waals surface area contributed by atoms with Crippen molar-refractivity contribution in [3.05, 3.63) is 89.6 Å². The van der Waals surface area contributed by atoms with Gasteiger partial charge in [-0.3, -0.25) is 4.57 Å². The van der Waals surface area contributed by atoms with Gasteiger partial charge in [-0.2, -0.15) is 0 Å². The molecular formula is C25H20Cl2N4O5. The van der Waals surface area contributed by atoms with E-state index in [0.717, 1.165) is 0 Å². The van der Waals surface area contributed by atoms with Gasteiger partial charge in [0.2, 0.25) is 0 Å². The molecule has 0 unspecified atom stereocenters. The van der Waals surface area contributed by atoms with Gasteiger partial charge in [-0.25, -0.2) is 24.5 Å². The fourth-order valence-corrected chi connectivity index (χ4v) is 4.62. The van der Waals surface area contributed by atoms with Gasteiger partial charge in [-0.05, 0) is 31.2 Å². The third kappa shape index (κ3) is 4.53. The molecule has 0 radical (unpaired) electrons. The number of fused-ring (bicyclic) bond motifs is 1. The molecule has 3 heterocycles. The molecule has 2 aromatic carbocycles. The third-order valence-corrected chi connectivity index (χ3v) is 6.56. The van der Waals surface area contributed by atoms with Gasteiger partial charge in [-0.1, -0.05) is 48.0 Å². The molecular weight excluding hydrogens is 507 g/mol. The molecule has 4 aromatic rings. The van der Waals surface area contributed by atoms with Crippen LogP contribution in [0.3, 0.4) is 0 Å². The maximum Gasteiger partial charge on any atom is 0.338 e. The maximum atomic E-state index is 12.9. The Balaban J connectivity index is 1.45. The Morgan fingerprint density at radius 2 is 1.64 bits per heavy atom. The largest absolute Gasteiger partial charge is 0.459 e. The maximum absolute atomic E-state index is 12.9. The van der Waals surface area contributed by atoms with Gasteiger partial charge in [0.25, 0.3) is 0 Å². The number of hydrogen-bond donors (Lipinski definition) is 0. The van der Waals surface area contributed by atoms with E-state index in [2.05, 4.69) is 15.0 Å². The van der Waals surface area contributed by atoms with Crippen molar-refractivity contribution in [3.63, 3.8) is 0 Å². The molecule has 36 heavy (non-hydrogen) atoms. The summed E-state index contributed by atoms with van der Waals surface area (Å²) in [5.74, 6) is -1.13. The Morgan fingerprint density at radius 3 is 2.31 bits per heavy atom. The number of rotatable bonds is 6. The van der Waals surface area contributed by atoms with Crippen molar-refractivity contribution in [2.75, 3.05) is 6.61 Å². The SMILES string of the molecule is C[C@@]1(Cl)[C@H](OC(=O)c2ccccc2)[C@@H](COC(=O)c2ccccc2)O[C@H]1n1cnc2c(Cl)ncnc21. The molecule has 0 spiro atoms. The van der Waals surface area contributed by atoms with Gasteiger partial charge in [0, 0.05) is 0 Å². The number of imidazole rings is 1. The summed E-state index contributed by atoms with van der Waals surface area (Å²) in [6.07, 6.45) is 0.0207. The number of halogens is 2. The van der Waals surface area contributed by atoms with Crippen molar-refractivity contribution in [1.82, 2.24) is 19.5 Å². The van der Waals surface area contributed by atoms with Crippen molar-refractivity contribution >= 4 is 46.3 Å². The van der Waals surface area contributed by atoms with Crippen LogP contribution in [0.5, 0.6) is 0 Å². The molecule has 2 aromatic heterocycles. The van der Waals surface area contributed by atoms with Crippen LogP contribution in [0.2, 0.25) is 5.15 Å². The Bertz CT molecular complexity index is 1400. The van der Waals surface area contributed by atoms with E-state index in [1.165, 1.54) is 12.7 Å². The van der Waals surface area contributed by atoms with Crippen molar-refractivity contribution in [2.24, 2.45) is 0 Å².